The van der Waals surface area contributed by atoms with E-state index in [4.69, 9.17) is 0 Å². The van der Waals surface area contributed by atoms with Crippen molar-refractivity contribution in [3.8, 4) is 0 Å². The maximum Gasteiger partial charge on any atom is 0.225 e. The first-order chi connectivity index (χ1) is 9.86. The summed E-state index contributed by atoms with van der Waals surface area (Å²) >= 11 is 0. The van der Waals surface area contributed by atoms with Crippen LogP contribution in [0, 0.1) is 0 Å². The minimum Gasteiger partial charge on any atom is -0.338 e. The Morgan fingerprint density at radius 3 is 2.65 bits per heavy atom. The van der Waals surface area contributed by atoms with Crippen LogP contribution in [0.1, 0.15) is 24.1 Å². The van der Waals surface area contributed by atoms with Gasteiger partial charge >= 0.3 is 0 Å². The summed E-state index contributed by atoms with van der Waals surface area (Å²) < 4.78 is 0. The topological polar surface area (TPSA) is 41.1 Å². The summed E-state index contributed by atoms with van der Waals surface area (Å²) in [4.78, 5) is 11.2. The fourth-order valence-corrected chi connectivity index (χ4v) is 2.53. The maximum atomic E-state index is 4.49. The fourth-order valence-electron chi connectivity index (χ4n) is 2.53. The van der Waals surface area contributed by atoms with Gasteiger partial charge in [0.25, 0.3) is 0 Å². The van der Waals surface area contributed by atoms with Gasteiger partial charge < -0.3 is 10.2 Å². The molecule has 1 aromatic heterocycles. The van der Waals surface area contributed by atoms with Crippen LogP contribution in [0.3, 0.4) is 0 Å². The van der Waals surface area contributed by atoms with E-state index in [2.05, 4.69) is 57.4 Å². The van der Waals surface area contributed by atoms with Crippen LogP contribution in [0.5, 0.6) is 0 Å². The number of aromatic nitrogens is 2. The van der Waals surface area contributed by atoms with Crippen LogP contribution in [-0.2, 0) is 6.42 Å². The molecule has 1 aliphatic heterocycles. The molecular formula is C16H20N4. The third kappa shape index (κ3) is 2.80. The van der Waals surface area contributed by atoms with E-state index in [0.717, 1.165) is 32.0 Å². The van der Waals surface area contributed by atoms with E-state index in [1.807, 2.05) is 12.4 Å². The average Bonchev–Trinajstić information content (AvgIpc) is 2.56. The van der Waals surface area contributed by atoms with Crippen LogP contribution >= 0.6 is 0 Å². The fraction of sp³-hybridized carbons (Fsp3) is 0.375. The van der Waals surface area contributed by atoms with E-state index >= 15 is 0 Å². The van der Waals surface area contributed by atoms with Crippen molar-refractivity contribution in [2.24, 2.45) is 0 Å². The molecule has 0 spiro atoms. The van der Waals surface area contributed by atoms with Crippen molar-refractivity contribution in [3.05, 3.63) is 53.9 Å². The molecule has 1 saturated heterocycles. The number of piperazine rings is 1. The van der Waals surface area contributed by atoms with Crippen molar-refractivity contribution in [2.75, 3.05) is 24.5 Å². The Morgan fingerprint density at radius 1 is 1.20 bits per heavy atom. The molecule has 1 N–H and O–H groups in total. The molecule has 1 unspecified atom stereocenters. The zero-order valence-electron chi connectivity index (χ0n) is 11.8. The SMILES string of the molecule is CCc1cnc(N2CCNC(c3ccccc3)C2)nc1. The highest BCUT2D eigenvalue weighted by Crippen LogP contribution is 2.19. The third-order valence-corrected chi connectivity index (χ3v) is 3.76. The zero-order chi connectivity index (χ0) is 13.8. The monoisotopic (exact) mass is 268 g/mol. The van der Waals surface area contributed by atoms with E-state index in [9.17, 15) is 0 Å². The lowest BCUT2D eigenvalue weighted by atomic mass is 10.1. The number of hydrogen-bond acceptors (Lipinski definition) is 4. The van der Waals surface area contributed by atoms with E-state index < -0.39 is 0 Å². The van der Waals surface area contributed by atoms with Crippen molar-refractivity contribution >= 4 is 5.95 Å². The largest absolute Gasteiger partial charge is 0.338 e. The Morgan fingerprint density at radius 2 is 1.95 bits per heavy atom. The minimum absolute atomic E-state index is 0.347. The Hall–Kier alpha value is -1.94. The summed E-state index contributed by atoms with van der Waals surface area (Å²) in [6.07, 6.45) is 4.85. The van der Waals surface area contributed by atoms with Gasteiger partial charge in [-0.1, -0.05) is 37.3 Å². The van der Waals surface area contributed by atoms with Gasteiger partial charge in [0.05, 0.1) is 0 Å². The van der Waals surface area contributed by atoms with Gasteiger partial charge in [-0.25, -0.2) is 9.97 Å². The summed E-state index contributed by atoms with van der Waals surface area (Å²) in [6.45, 7) is 4.94. The van der Waals surface area contributed by atoms with Crippen LogP contribution in [0.15, 0.2) is 42.7 Å². The van der Waals surface area contributed by atoms with Gasteiger partial charge in [0.15, 0.2) is 0 Å². The lowest BCUT2D eigenvalue weighted by Crippen LogP contribution is -2.46. The molecule has 1 aliphatic rings. The van der Waals surface area contributed by atoms with E-state index in [0.29, 0.717) is 6.04 Å². The van der Waals surface area contributed by atoms with Crippen LogP contribution < -0.4 is 10.2 Å². The highest BCUT2D eigenvalue weighted by molar-refractivity contribution is 5.33. The second-order valence-electron chi connectivity index (χ2n) is 5.11. The summed E-state index contributed by atoms with van der Waals surface area (Å²) in [7, 11) is 0. The number of aryl methyl sites for hydroxylation is 1. The quantitative estimate of drug-likeness (QED) is 0.926. The number of nitrogens with one attached hydrogen (secondary N) is 1. The van der Waals surface area contributed by atoms with Crippen LogP contribution in [0.4, 0.5) is 5.95 Å². The molecule has 2 aromatic rings. The Balaban J connectivity index is 1.74. The molecule has 0 bridgehead atoms. The summed E-state index contributed by atoms with van der Waals surface area (Å²) in [5.41, 5.74) is 2.51. The van der Waals surface area contributed by atoms with Gasteiger partial charge in [-0.05, 0) is 17.5 Å². The summed E-state index contributed by atoms with van der Waals surface area (Å²) in [6, 6.07) is 10.9. The van der Waals surface area contributed by atoms with Crippen LogP contribution in [-0.4, -0.2) is 29.6 Å². The van der Waals surface area contributed by atoms with Gasteiger partial charge in [-0.2, -0.15) is 0 Å². The number of rotatable bonds is 3. The maximum absolute atomic E-state index is 4.49. The molecule has 0 saturated carbocycles. The molecule has 1 atom stereocenters. The lowest BCUT2D eigenvalue weighted by molar-refractivity contribution is 0.467. The number of anilines is 1. The standard InChI is InChI=1S/C16H20N4/c1-2-13-10-18-16(19-11-13)20-9-8-17-15(12-20)14-6-4-3-5-7-14/h3-7,10-11,15,17H,2,8-9,12H2,1H3. The first-order valence-corrected chi connectivity index (χ1v) is 7.21. The molecule has 0 aliphatic carbocycles. The Kier molecular flexibility index (Phi) is 3.92. The Bertz CT molecular complexity index is 538. The molecule has 4 nitrogen and oxygen atoms in total. The number of hydrogen-bond donors (Lipinski definition) is 1. The molecule has 2 heterocycles. The zero-order valence-corrected chi connectivity index (χ0v) is 11.8. The van der Waals surface area contributed by atoms with Crippen molar-refractivity contribution in [3.63, 3.8) is 0 Å². The number of nitrogens with zero attached hydrogens (tertiary/aromatic N) is 3. The average molecular weight is 268 g/mol. The molecule has 4 heteroatoms. The molecule has 0 radical (unpaired) electrons. The van der Waals surface area contributed by atoms with Crippen molar-refractivity contribution < 1.29 is 0 Å². The van der Waals surface area contributed by atoms with Crippen LogP contribution in [0.25, 0.3) is 0 Å². The lowest BCUT2D eigenvalue weighted by Gasteiger charge is -2.34. The van der Waals surface area contributed by atoms with E-state index in [1.54, 1.807) is 0 Å². The van der Waals surface area contributed by atoms with E-state index in [-0.39, 0.29) is 0 Å². The molecule has 1 fully saturated rings. The summed E-state index contributed by atoms with van der Waals surface area (Å²) in [5, 5.41) is 3.56. The van der Waals surface area contributed by atoms with Gasteiger partial charge in [0.2, 0.25) is 5.95 Å². The van der Waals surface area contributed by atoms with E-state index in [1.165, 1.54) is 11.1 Å². The molecule has 3 rings (SSSR count). The highest BCUT2D eigenvalue weighted by Gasteiger charge is 2.22. The number of benzene rings is 1. The molecule has 104 valence electrons. The molecule has 20 heavy (non-hydrogen) atoms. The van der Waals surface area contributed by atoms with Gasteiger partial charge in [-0.3, -0.25) is 0 Å². The van der Waals surface area contributed by atoms with Gasteiger partial charge in [0.1, 0.15) is 0 Å². The predicted molar refractivity (Wildman–Crippen MR) is 80.8 cm³/mol. The van der Waals surface area contributed by atoms with Crippen molar-refractivity contribution in [2.45, 2.75) is 19.4 Å². The minimum atomic E-state index is 0.347. The first kappa shape index (κ1) is 13.1. The molecular weight excluding hydrogens is 248 g/mol. The second kappa shape index (κ2) is 6.01. The van der Waals surface area contributed by atoms with Gasteiger partial charge in [-0.15, -0.1) is 0 Å². The summed E-state index contributed by atoms with van der Waals surface area (Å²) in [5.74, 6) is 0.838. The molecule has 1 aromatic carbocycles. The highest BCUT2D eigenvalue weighted by atomic mass is 15.3. The molecule has 0 amide bonds. The smallest absolute Gasteiger partial charge is 0.225 e. The predicted octanol–water partition coefficient (Wildman–Crippen LogP) is 2.19. The second-order valence-corrected chi connectivity index (χ2v) is 5.11. The Labute approximate surface area is 119 Å². The normalized spacial score (nSPS) is 19.1. The third-order valence-electron chi connectivity index (χ3n) is 3.76. The van der Waals surface area contributed by atoms with Crippen LogP contribution in [0.2, 0.25) is 0 Å². The van der Waals surface area contributed by atoms with Crippen molar-refractivity contribution in [1.82, 2.24) is 15.3 Å². The van der Waals surface area contributed by atoms with Crippen molar-refractivity contribution in [1.29, 1.82) is 0 Å². The first-order valence-electron chi connectivity index (χ1n) is 7.21. The van der Waals surface area contributed by atoms with Gasteiger partial charge in [0, 0.05) is 38.1 Å².